The highest BCUT2D eigenvalue weighted by molar-refractivity contribution is 8.00. The molecule has 0 amide bonds. The van der Waals surface area contributed by atoms with Crippen LogP contribution in [0.5, 0.6) is 0 Å². The zero-order chi connectivity index (χ0) is 19.0. The van der Waals surface area contributed by atoms with E-state index in [1.165, 1.54) is 16.7 Å². The van der Waals surface area contributed by atoms with E-state index in [1.807, 2.05) is 18.2 Å². The molecule has 3 aromatic carbocycles. The van der Waals surface area contributed by atoms with E-state index >= 15 is 0 Å². The lowest BCUT2D eigenvalue weighted by atomic mass is 9.84. The molecule has 27 heavy (non-hydrogen) atoms. The number of carbonyl (C=O) groups is 1. The molecule has 3 aromatic rings. The molecule has 2 nitrogen and oxygen atoms in total. The molecule has 0 bridgehead atoms. The van der Waals surface area contributed by atoms with E-state index in [2.05, 4.69) is 72.8 Å². The monoisotopic (exact) mass is 396 g/mol. The largest absolute Gasteiger partial charge is 0.371 e. The Bertz CT molecular complexity index is 741. The summed E-state index contributed by atoms with van der Waals surface area (Å²) in [7, 11) is 0. The maximum atomic E-state index is 10.9. The van der Waals surface area contributed by atoms with Gasteiger partial charge < -0.3 is 4.74 Å². The minimum absolute atomic E-state index is 0.0584. The normalized spacial score (nSPS) is 11.3. The van der Waals surface area contributed by atoms with Gasteiger partial charge in [-0.1, -0.05) is 91.0 Å². The van der Waals surface area contributed by atoms with Crippen LogP contribution >= 0.6 is 23.4 Å². The highest BCUT2D eigenvalue weighted by Gasteiger charge is 2.36. The summed E-state index contributed by atoms with van der Waals surface area (Å²) < 4.78 is 5.03. The van der Waals surface area contributed by atoms with E-state index in [0.717, 1.165) is 5.75 Å². The third-order valence-electron chi connectivity index (χ3n) is 4.30. The van der Waals surface area contributed by atoms with Crippen LogP contribution in [0, 0.1) is 0 Å². The van der Waals surface area contributed by atoms with Crippen molar-refractivity contribution >= 4 is 28.6 Å². The summed E-state index contributed by atoms with van der Waals surface area (Å²) >= 11 is 7.16. The predicted molar refractivity (Wildman–Crippen MR) is 113 cm³/mol. The molecule has 0 aliphatic heterocycles. The lowest BCUT2D eigenvalue weighted by molar-refractivity contribution is -0.115. The van der Waals surface area contributed by atoms with Crippen molar-refractivity contribution in [3.8, 4) is 0 Å². The van der Waals surface area contributed by atoms with Gasteiger partial charge in [-0.2, -0.15) is 0 Å². The van der Waals surface area contributed by atoms with Crippen molar-refractivity contribution in [1.29, 1.82) is 0 Å². The van der Waals surface area contributed by atoms with E-state index in [9.17, 15) is 4.79 Å². The summed E-state index contributed by atoms with van der Waals surface area (Å²) in [4.78, 5) is 10.9. The highest BCUT2D eigenvalue weighted by Crippen LogP contribution is 2.48. The zero-order valence-electron chi connectivity index (χ0n) is 14.9. The first-order chi connectivity index (χ1) is 13.2. The van der Waals surface area contributed by atoms with E-state index in [1.54, 1.807) is 11.8 Å². The minimum Gasteiger partial charge on any atom is -0.371 e. The first kappa shape index (κ1) is 19.7. The van der Waals surface area contributed by atoms with Gasteiger partial charge in [0.1, 0.15) is 6.61 Å². The number of carbonyl (C=O) groups excluding carboxylic acids is 1. The Morgan fingerprint density at radius 3 is 1.56 bits per heavy atom. The van der Waals surface area contributed by atoms with Crippen LogP contribution in [0.3, 0.4) is 0 Å². The summed E-state index contributed by atoms with van der Waals surface area (Å²) in [5.74, 6) is 0.725. The molecule has 0 fully saturated rings. The van der Waals surface area contributed by atoms with Gasteiger partial charge in [-0.25, -0.2) is 0 Å². The molecule has 0 spiro atoms. The second-order valence-electron chi connectivity index (χ2n) is 6.04. The third kappa shape index (κ3) is 4.81. The van der Waals surface area contributed by atoms with Crippen LogP contribution in [-0.2, 0) is 14.3 Å². The Morgan fingerprint density at radius 1 is 0.778 bits per heavy atom. The van der Waals surface area contributed by atoms with E-state index in [0.29, 0.717) is 6.61 Å². The summed E-state index contributed by atoms with van der Waals surface area (Å²) in [5, 5.41) is -0.472. The van der Waals surface area contributed by atoms with Gasteiger partial charge in [-0.15, -0.1) is 11.8 Å². The average molecular weight is 397 g/mol. The molecule has 0 atom stereocenters. The topological polar surface area (TPSA) is 26.3 Å². The maximum Gasteiger partial charge on any atom is 0.247 e. The second kappa shape index (κ2) is 9.75. The number of benzene rings is 3. The fourth-order valence-corrected chi connectivity index (χ4v) is 4.67. The van der Waals surface area contributed by atoms with Gasteiger partial charge in [0.15, 0.2) is 0 Å². The van der Waals surface area contributed by atoms with Gasteiger partial charge in [0, 0.05) is 5.75 Å². The predicted octanol–water partition coefficient (Wildman–Crippen LogP) is 5.49. The van der Waals surface area contributed by atoms with Gasteiger partial charge in [0.2, 0.25) is 5.24 Å². The van der Waals surface area contributed by atoms with Crippen LogP contribution in [-0.4, -0.2) is 24.2 Å². The second-order valence-corrected chi connectivity index (χ2v) is 7.77. The lowest BCUT2D eigenvalue weighted by Crippen LogP contribution is -2.26. The van der Waals surface area contributed by atoms with Crippen LogP contribution < -0.4 is 0 Å². The molecule has 138 valence electrons. The molecule has 0 aliphatic rings. The molecule has 0 radical (unpaired) electrons. The fourth-order valence-electron chi connectivity index (χ4n) is 3.17. The van der Waals surface area contributed by atoms with Crippen molar-refractivity contribution < 1.29 is 9.53 Å². The van der Waals surface area contributed by atoms with Crippen molar-refractivity contribution in [3.05, 3.63) is 108 Å². The standard InChI is InChI=1S/C23H21ClO2S/c24-22(25)18-26-16-17-27-23(19-10-4-1-5-11-19,20-12-6-2-7-13-20)21-14-8-3-9-15-21/h1-15H,16-18H2. The van der Waals surface area contributed by atoms with Crippen LogP contribution in [0.4, 0.5) is 0 Å². The molecule has 0 aromatic heterocycles. The zero-order valence-corrected chi connectivity index (χ0v) is 16.5. The molecule has 0 aliphatic carbocycles. The van der Waals surface area contributed by atoms with Gasteiger partial charge in [-0.3, -0.25) is 4.79 Å². The average Bonchev–Trinajstić information content (AvgIpc) is 2.73. The Hall–Kier alpha value is -2.07. The third-order valence-corrected chi connectivity index (χ3v) is 5.92. The van der Waals surface area contributed by atoms with Gasteiger partial charge in [-0.05, 0) is 28.3 Å². The quantitative estimate of drug-likeness (QED) is 0.271. The molecule has 0 saturated carbocycles. The molecule has 0 N–H and O–H groups in total. The van der Waals surface area contributed by atoms with Crippen LogP contribution in [0.15, 0.2) is 91.0 Å². The van der Waals surface area contributed by atoms with Gasteiger partial charge in [0.25, 0.3) is 0 Å². The van der Waals surface area contributed by atoms with Gasteiger partial charge >= 0.3 is 0 Å². The molecule has 0 heterocycles. The maximum absolute atomic E-state index is 10.9. The summed E-state index contributed by atoms with van der Waals surface area (Å²) in [6.45, 7) is 0.397. The number of ether oxygens (including phenoxy) is 1. The summed E-state index contributed by atoms with van der Waals surface area (Å²) in [5.41, 5.74) is 3.63. The highest BCUT2D eigenvalue weighted by atomic mass is 35.5. The Balaban J connectivity index is 2.02. The van der Waals surface area contributed by atoms with Crippen molar-refractivity contribution in [3.63, 3.8) is 0 Å². The first-order valence-electron chi connectivity index (χ1n) is 8.80. The Kier molecular flexibility index (Phi) is 7.11. The van der Waals surface area contributed by atoms with Crippen molar-refractivity contribution in [1.82, 2.24) is 0 Å². The smallest absolute Gasteiger partial charge is 0.247 e. The molecule has 4 heteroatoms. The van der Waals surface area contributed by atoms with Crippen molar-refractivity contribution in [2.24, 2.45) is 0 Å². The number of thioether (sulfide) groups is 1. The fraction of sp³-hybridized carbons (Fsp3) is 0.174. The van der Waals surface area contributed by atoms with Crippen molar-refractivity contribution in [2.75, 3.05) is 19.0 Å². The minimum atomic E-state index is -0.472. The number of hydrogen-bond donors (Lipinski definition) is 0. The molecule has 0 saturated heterocycles. The van der Waals surface area contributed by atoms with E-state index in [4.69, 9.17) is 16.3 Å². The molecule has 3 rings (SSSR count). The molecular weight excluding hydrogens is 376 g/mol. The lowest BCUT2D eigenvalue weighted by Gasteiger charge is -2.35. The number of rotatable bonds is 9. The number of halogens is 1. The first-order valence-corrected chi connectivity index (χ1v) is 10.2. The van der Waals surface area contributed by atoms with Crippen LogP contribution in [0.2, 0.25) is 0 Å². The molecular formula is C23H21ClO2S. The van der Waals surface area contributed by atoms with E-state index in [-0.39, 0.29) is 11.4 Å². The SMILES string of the molecule is O=C(Cl)COCCSC(c1ccccc1)(c1ccccc1)c1ccccc1. The van der Waals surface area contributed by atoms with Crippen molar-refractivity contribution in [2.45, 2.75) is 4.75 Å². The Morgan fingerprint density at radius 2 is 1.19 bits per heavy atom. The van der Waals surface area contributed by atoms with Gasteiger partial charge in [0.05, 0.1) is 11.4 Å². The number of hydrogen-bond acceptors (Lipinski definition) is 3. The summed E-state index contributed by atoms with van der Waals surface area (Å²) in [6.07, 6.45) is 0. The summed E-state index contributed by atoms with van der Waals surface area (Å²) in [6, 6.07) is 31.5. The van der Waals surface area contributed by atoms with Crippen LogP contribution in [0.25, 0.3) is 0 Å². The van der Waals surface area contributed by atoms with E-state index < -0.39 is 5.24 Å². The Labute approximate surface area is 169 Å². The molecule has 0 unspecified atom stereocenters. The van der Waals surface area contributed by atoms with Crippen LogP contribution in [0.1, 0.15) is 16.7 Å².